The Balaban J connectivity index is 2.15. The molecule has 1 atom stereocenters. The first kappa shape index (κ1) is 17.2. The van der Waals surface area contributed by atoms with Crippen molar-refractivity contribution in [1.82, 2.24) is 0 Å². The van der Waals surface area contributed by atoms with Gasteiger partial charge in [-0.05, 0) is 25.1 Å². The Morgan fingerprint density at radius 2 is 1.96 bits per heavy atom. The van der Waals surface area contributed by atoms with Crippen LogP contribution >= 0.6 is 0 Å². The molecule has 0 radical (unpaired) electrons. The second-order valence-electron chi connectivity index (χ2n) is 4.98. The summed E-state index contributed by atoms with van der Waals surface area (Å²) < 4.78 is 18.7. The van der Waals surface area contributed by atoms with E-state index in [0.29, 0.717) is 0 Å². The molecule has 0 bridgehead atoms. The van der Waals surface area contributed by atoms with Gasteiger partial charge in [-0.15, -0.1) is 0 Å². The third kappa shape index (κ3) is 3.97. The molecule has 0 aliphatic rings. The van der Waals surface area contributed by atoms with Crippen LogP contribution in [0.5, 0.6) is 5.75 Å². The summed E-state index contributed by atoms with van der Waals surface area (Å²) in [6.45, 7) is 1.55. The van der Waals surface area contributed by atoms with Gasteiger partial charge in [0.05, 0.1) is 23.4 Å². The van der Waals surface area contributed by atoms with Gasteiger partial charge >= 0.3 is 0 Å². The Kier molecular flexibility index (Phi) is 5.31. The molecule has 0 aliphatic carbocycles. The molecule has 126 valence electrons. The van der Waals surface area contributed by atoms with Gasteiger partial charge in [0.15, 0.2) is 0 Å². The summed E-state index contributed by atoms with van der Waals surface area (Å²) >= 11 is 0. The Hall–Kier alpha value is -3.16. The molecule has 2 aromatic carbocycles. The van der Waals surface area contributed by atoms with Gasteiger partial charge in [-0.25, -0.2) is 4.39 Å². The van der Waals surface area contributed by atoms with Crippen molar-refractivity contribution in [3.05, 3.63) is 58.4 Å². The molecule has 2 rings (SSSR count). The second-order valence-corrected chi connectivity index (χ2v) is 4.98. The highest BCUT2D eigenvalue weighted by molar-refractivity contribution is 5.97. The smallest absolute Gasteiger partial charge is 0.271 e. The van der Waals surface area contributed by atoms with Gasteiger partial charge in [-0.2, -0.15) is 0 Å². The molecule has 24 heavy (non-hydrogen) atoms. The van der Waals surface area contributed by atoms with Crippen LogP contribution in [0.2, 0.25) is 0 Å². The number of benzene rings is 2. The number of hydrogen-bond acceptors (Lipinski definition) is 5. The van der Waals surface area contributed by atoms with E-state index in [4.69, 9.17) is 4.74 Å². The van der Waals surface area contributed by atoms with E-state index in [1.54, 1.807) is 19.1 Å². The molecule has 0 fully saturated rings. The highest BCUT2D eigenvalue weighted by Crippen LogP contribution is 2.29. The first-order valence-corrected chi connectivity index (χ1v) is 7.06. The number of carbonyl (C=O) groups is 1. The SMILES string of the molecule is COc1ccc([N+](=O)[O-])cc1NC(=O)C(C)Nc1ccccc1F. The summed E-state index contributed by atoms with van der Waals surface area (Å²) in [7, 11) is 1.39. The van der Waals surface area contributed by atoms with Crippen molar-refractivity contribution in [2.75, 3.05) is 17.7 Å². The molecule has 1 unspecified atom stereocenters. The molecular weight excluding hydrogens is 317 g/mol. The normalized spacial score (nSPS) is 11.5. The number of rotatable bonds is 6. The molecule has 7 nitrogen and oxygen atoms in total. The number of nitrogens with zero attached hydrogens (tertiary/aromatic N) is 1. The van der Waals surface area contributed by atoms with Crippen molar-refractivity contribution < 1.29 is 18.8 Å². The lowest BCUT2D eigenvalue weighted by atomic mass is 10.2. The Labute approximate surface area is 137 Å². The van der Waals surface area contributed by atoms with Crippen molar-refractivity contribution in [1.29, 1.82) is 0 Å². The van der Waals surface area contributed by atoms with E-state index >= 15 is 0 Å². The Morgan fingerprint density at radius 3 is 2.58 bits per heavy atom. The van der Waals surface area contributed by atoms with Crippen molar-refractivity contribution in [2.24, 2.45) is 0 Å². The van der Waals surface area contributed by atoms with E-state index < -0.39 is 22.7 Å². The number of para-hydroxylation sites is 1. The van der Waals surface area contributed by atoms with Crippen LogP contribution in [0.25, 0.3) is 0 Å². The summed E-state index contributed by atoms with van der Waals surface area (Å²) in [6, 6.07) is 9.05. The van der Waals surface area contributed by atoms with Crippen LogP contribution in [0.1, 0.15) is 6.92 Å². The summed E-state index contributed by atoms with van der Waals surface area (Å²) in [4.78, 5) is 22.5. The summed E-state index contributed by atoms with van der Waals surface area (Å²) in [6.07, 6.45) is 0. The maximum atomic E-state index is 13.6. The summed E-state index contributed by atoms with van der Waals surface area (Å²) in [5.41, 5.74) is 0.172. The van der Waals surface area contributed by atoms with Gasteiger partial charge in [0, 0.05) is 12.1 Å². The molecule has 2 N–H and O–H groups in total. The number of non-ortho nitro benzene ring substituents is 1. The van der Waals surface area contributed by atoms with Crippen molar-refractivity contribution >= 4 is 23.0 Å². The number of methoxy groups -OCH3 is 1. The van der Waals surface area contributed by atoms with E-state index in [0.717, 1.165) is 0 Å². The van der Waals surface area contributed by atoms with E-state index in [2.05, 4.69) is 10.6 Å². The highest BCUT2D eigenvalue weighted by Gasteiger charge is 2.18. The monoisotopic (exact) mass is 333 g/mol. The highest BCUT2D eigenvalue weighted by atomic mass is 19.1. The fourth-order valence-electron chi connectivity index (χ4n) is 2.03. The summed E-state index contributed by atoms with van der Waals surface area (Å²) in [5.74, 6) is -0.686. The number of nitrogens with one attached hydrogen (secondary N) is 2. The standard InChI is InChI=1S/C16H16FN3O4/c1-10(18-13-6-4-3-5-12(13)17)16(21)19-14-9-11(20(22)23)7-8-15(14)24-2/h3-10,18H,1-2H3,(H,19,21). The Bertz CT molecular complexity index is 767. The molecule has 8 heteroatoms. The molecule has 0 aliphatic heterocycles. The van der Waals surface area contributed by atoms with Crippen LogP contribution in [0, 0.1) is 15.9 Å². The number of halogens is 1. The summed E-state index contributed by atoms with van der Waals surface area (Å²) in [5, 5.41) is 16.1. The van der Waals surface area contributed by atoms with E-state index in [1.165, 1.54) is 37.4 Å². The lowest BCUT2D eigenvalue weighted by Gasteiger charge is -2.17. The zero-order valence-electron chi connectivity index (χ0n) is 13.1. The number of carbonyl (C=O) groups excluding carboxylic acids is 1. The second kappa shape index (κ2) is 7.40. The predicted octanol–water partition coefficient (Wildman–Crippen LogP) is 3.18. The molecular formula is C16H16FN3O4. The maximum Gasteiger partial charge on any atom is 0.271 e. The lowest BCUT2D eigenvalue weighted by molar-refractivity contribution is -0.384. The largest absolute Gasteiger partial charge is 0.495 e. The quantitative estimate of drug-likeness (QED) is 0.625. The molecule has 0 saturated heterocycles. The average Bonchev–Trinajstić information content (AvgIpc) is 2.56. The fourth-order valence-corrected chi connectivity index (χ4v) is 2.03. The van der Waals surface area contributed by atoms with Gasteiger partial charge in [-0.1, -0.05) is 12.1 Å². The third-order valence-electron chi connectivity index (χ3n) is 3.29. The molecule has 2 aromatic rings. The molecule has 0 spiro atoms. The lowest BCUT2D eigenvalue weighted by Crippen LogP contribution is -2.32. The van der Waals surface area contributed by atoms with Gasteiger partial charge < -0.3 is 15.4 Å². The van der Waals surface area contributed by atoms with Gasteiger partial charge in [0.1, 0.15) is 17.6 Å². The average molecular weight is 333 g/mol. The molecule has 0 saturated carbocycles. The minimum absolute atomic E-state index is 0.166. The topological polar surface area (TPSA) is 93.5 Å². The third-order valence-corrected chi connectivity index (χ3v) is 3.29. The van der Waals surface area contributed by atoms with Crippen LogP contribution in [0.4, 0.5) is 21.5 Å². The van der Waals surface area contributed by atoms with Crippen LogP contribution in [0.15, 0.2) is 42.5 Å². The number of amides is 1. The number of nitro groups is 1. The van der Waals surface area contributed by atoms with E-state index in [9.17, 15) is 19.3 Å². The van der Waals surface area contributed by atoms with Crippen molar-refractivity contribution in [3.63, 3.8) is 0 Å². The molecule has 0 heterocycles. The van der Waals surface area contributed by atoms with Crippen molar-refractivity contribution in [2.45, 2.75) is 13.0 Å². The van der Waals surface area contributed by atoms with Gasteiger partial charge in [-0.3, -0.25) is 14.9 Å². The van der Waals surface area contributed by atoms with Crippen molar-refractivity contribution in [3.8, 4) is 5.75 Å². The molecule has 1 amide bonds. The Morgan fingerprint density at radius 1 is 1.25 bits per heavy atom. The number of anilines is 2. The van der Waals surface area contributed by atoms with Crippen LogP contribution in [-0.2, 0) is 4.79 Å². The zero-order valence-corrected chi connectivity index (χ0v) is 13.1. The zero-order chi connectivity index (χ0) is 17.7. The first-order valence-electron chi connectivity index (χ1n) is 7.06. The minimum Gasteiger partial charge on any atom is -0.495 e. The fraction of sp³-hybridized carbons (Fsp3) is 0.188. The maximum absolute atomic E-state index is 13.6. The van der Waals surface area contributed by atoms with Gasteiger partial charge in [0.25, 0.3) is 5.69 Å². The van der Waals surface area contributed by atoms with E-state index in [1.807, 2.05) is 0 Å². The van der Waals surface area contributed by atoms with E-state index in [-0.39, 0.29) is 22.8 Å². The number of ether oxygens (including phenoxy) is 1. The number of hydrogen-bond donors (Lipinski definition) is 2. The predicted molar refractivity (Wildman–Crippen MR) is 87.8 cm³/mol. The van der Waals surface area contributed by atoms with Gasteiger partial charge in [0.2, 0.25) is 5.91 Å². The minimum atomic E-state index is -0.772. The first-order chi connectivity index (χ1) is 11.4. The molecule has 0 aromatic heterocycles. The van der Waals surface area contributed by atoms with Crippen LogP contribution in [0.3, 0.4) is 0 Å². The van der Waals surface area contributed by atoms with Crippen LogP contribution in [-0.4, -0.2) is 24.0 Å². The van der Waals surface area contributed by atoms with Crippen LogP contribution < -0.4 is 15.4 Å². The number of nitro benzene ring substituents is 1.